The number of carbonyl (C=O) groups is 1. The second-order valence-electron chi connectivity index (χ2n) is 9.49. The van der Waals surface area contributed by atoms with E-state index in [1.807, 2.05) is 20.8 Å². The van der Waals surface area contributed by atoms with E-state index in [9.17, 15) is 4.79 Å². The Kier molecular flexibility index (Phi) is 6.79. The molecule has 3 nitrogen and oxygen atoms in total. The number of rotatable bonds is 6. The highest BCUT2D eigenvalue weighted by atomic mass is 16.6. The molecule has 3 heteroatoms. The normalized spacial score (nSPS) is 15.4. The van der Waals surface area contributed by atoms with Crippen molar-refractivity contribution in [2.75, 3.05) is 6.54 Å². The van der Waals surface area contributed by atoms with Gasteiger partial charge in [-0.1, -0.05) is 62.4 Å². The topological polar surface area (TPSA) is 38.3 Å². The maximum Gasteiger partial charge on any atom is 0.306 e. The monoisotopic (exact) mass is 393 g/mol. The van der Waals surface area contributed by atoms with Gasteiger partial charge in [-0.05, 0) is 68.3 Å². The van der Waals surface area contributed by atoms with Gasteiger partial charge in [-0.3, -0.25) is 4.79 Å². The van der Waals surface area contributed by atoms with Crippen LogP contribution in [0.1, 0.15) is 69.2 Å². The van der Waals surface area contributed by atoms with E-state index in [0.717, 1.165) is 19.4 Å². The number of esters is 1. The Morgan fingerprint density at radius 1 is 1.00 bits per heavy atom. The van der Waals surface area contributed by atoms with Crippen LogP contribution in [0.4, 0.5) is 0 Å². The molecule has 1 atom stereocenters. The fourth-order valence-corrected chi connectivity index (χ4v) is 4.37. The molecule has 1 N–H and O–H groups in total. The molecule has 3 rings (SSSR count). The standard InChI is InChI=1S/C26H35NO2/c1-18(2)27-17-21(16-24(28)29-26(3,4)5)25-22-12-8-6-10-19(22)14-15-20-11-7-9-13-23(20)25/h6-13,18,21,25,27H,14-17H2,1-5H3. The number of hydrogen-bond acceptors (Lipinski definition) is 3. The second-order valence-corrected chi connectivity index (χ2v) is 9.49. The quantitative estimate of drug-likeness (QED) is 0.680. The van der Waals surface area contributed by atoms with Gasteiger partial charge in [0.2, 0.25) is 0 Å². The zero-order valence-electron chi connectivity index (χ0n) is 18.5. The number of carbonyl (C=O) groups excluding carboxylic acids is 1. The molecule has 0 saturated carbocycles. The van der Waals surface area contributed by atoms with Gasteiger partial charge in [-0.15, -0.1) is 0 Å². The van der Waals surface area contributed by atoms with Crippen LogP contribution >= 0.6 is 0 Å². The van der Waals surface area contributed by atoms with Crippen molar-refractivity contribution in [1.29, 1.82) is 0 Å². The molecule has 1 unspecified atom stereocenters. The minimum atomic E-state index is -0.466. The highest BCUT2D eigenvalue weighted by molar-refractivity contribution is 5.70. The molecule has 0 bridgehead atoms. The summed E-state index contributed by atoms with van der Waals surface area (Å²) < 4.78 is 5.71. The first-order valence-corrected chi connectivity index (χ1v) is 10.9. The smallest absolute Gasteiger partial charge is 0.306 e. The lowest BCUT2D eigenvalue weighted by Gasteiger charge is -2.31. The van der Waals surface area contributed by atoms with Crippen LogP contribution in [-0.2, 0) is 22.4 Å². The van der Waals surface area contributed by atoms with Crippen molar-refractivity contribution in [3.05, 3.63) is 70.8 Å². The maximum absolute atomic E-state index is 12.8. The third-order valence-electron chi connectivity index (χ3n) is 5.55. The summed E-state index contributed by atoms with van der Waals surface area (Å²) in [6, 6.07) is 17.9. The lowest BCUT2D eigenvalue weighted by atomic mass is 9.77. The Bertz CT molecular complexity index is 787. The van der Waals surface area contributed by atoms with E-state index in [1.165, 1.54) is 22.3 Å². The fourth-order valence-electron chi connectivity index (χ4n) is 4.37. The van der Waals surface area contributed by atoms with Crippen LogP contribution in [0.2, 0.25) is 0 Å². The van der Waals surface area contributed by atoms with Gasteiger partial charge in [0.05, 0.1) is 6.42 Å². The van der Waals surface area contributed by atoms with Crippen LogP contribution in [0, 0.1) is 5.92 Å². The van der Waals surface area contributed by atoms with Crippen LogP contribution in [0.15, 0.2) is 48.5 Å². The third-order valence-corrected chi connectivity index (χ3v) is 5.55. The van der Waals surface area contributed by atoms with E-state index in [0.29, 0.717) is 12.5 Å². The maximum atomic E-state index is 12.8. The molecule has 0 aromatic heterocycles. The van der Waals surface area contributed by atoms with Crippen molar-refractivity contribution < 1.29 is 9.53 Å². The van der Waals surface area contributed by atoms with Gasteiger partial charge in [0, 0.05) is 12.0 Å². The number of ether oxygens (including phenoxy) is 1. The Hall–Kier alpha value is -2.13. The second kappa shape index (κ2) is 9.13. The predicted molar refractivity (Wildman–Crippen MR) is 119 cm³/mol. The highest BCUT2D eigenvalue weighted by Crippen LogP contribution is 2.40. The number of benzene rings is 2. The minimum absolute atomic E-state index is 0.118. The molecule has 0 radical (unpaired) electrons. The van der Waals surface area contributed by atoms with Gasteiger partial charge >= 0.3 is 5.97 Å². The molecule has 0 saturated heterocycles. The van der Waals surface area contributed by atoms with Crippen molar-refractivity contribution in [2.45, 2.75) is 71.4 Å². The van der Waals surface area contributed by atoms with Crippen LogP contribution in [0.5, 0.6) is 0 Å². The van der Waals surface area contributed by atoms with Crippen molar-refractivity contribution in [2.24, 2.45) is 5.92 Å². The van der Waals surface area contributed by atoms with Crippen molar-refractivity contribution in [3.63, 3.8) is 0 Å². The molecule has 0 aliphatic heterocycles. The van der Waals surface area contributed by atoms with E-state index in [-0.39, 0.29) is 17.8 Å². The first-order chi connectivity index (χ1) is 13.7. The summed E-state index contributed by atoms with van der Waals surface area (Å²) >= 11 is 0. The van der Waals surface area contributed by atoms with Gasteiger partial charge in [0.25, 0.3) is 0 Å². The first-order valence-electron chi connectivity index (χ1n) is 10.9. The van der Waals surface area contributed by atoms with Gasteiger partial charge in [0.1, 0.15) is 5.60 Å². The van der Waals surface area contributed by atoms with E-state index in [2.05, 4.69) is 67.7 Å². The summed E-state index contributed by atoms with van der Waals surface area (Å²) in [6.45, 7) is 10.9. The van der Waals surface area contributed by atoms with E-state index < -0.39 is 5.60 Å². The summed E-state index contributed by atoms with van der Waals surface area (Å²) in [6.07, 6.45) is 2.49. The lowest BCUT2D eigenvalue weighted by Crippen LogP contribution is -2.35. The number of nitrogens with one attached hydrogen (secondary N) is 1. The van der Waals surface area contributed by atoms with Crippen molar-refractivity contribution in [1.82, 2.24) is 5.32 Å². The van der Waals surface area contributed by atoms with Gasteiger partial charge in [-0.25, -0.2) is 0 Å². The van der Waals surface area contributed by atoms with E-state index in [4.69, 9.17) is 4.74 Å². The highest BCUT2D eigenvalue weighted by Gasteiger charge is 2.33. The Morgan fingerprint density at radius 3 is 2.00 bits per heavy atom. The molecule has 156 valence electrons. The Labute approximate surface area is 175 Å². The molecule has 2 aromatic carbocycles. The SMILES string of the molecule is CC(C)NCC(CC(=O)OC(C)(C)C)C1c2ccccc2CCc2ccccc21. The molecule has 1 aliphatic rings. The van der Waals surface area contributed by atoms with Gasteiger partial charge in [0.15, 0.2) is 0 Å². The Balaban J connectivity index is 2.02. The van der Waals surface area contributed by atoms with E-state index >= 15 is 0 Å². The number of fused-ring (bicyclic) bond motifs is 2. The summed E-state index contributed by atoms with van der Waals surface area (Å²) in [7, 11) is 0. The molecule has 1 aliphatic carbocycles. The zero-order chi connectivity index (χ0) is 21.0. The average molecular weight is 394 g/mol. The number of hydrogen-bond donors (Lipinski definition) is 1. The molecule has 29 heavy (non-hydrogen) atoms. The summed E-state index contributed by atoms with van der Waals surface area (Å²) in [5.74, 6) is 0.198. The van der Waals surface area contributed by atoms with Crippen LogP contribution in [0.3, 0.4) is 0 Å². The molecule has 0 spiro atoms. The van der Waals surface area contributed by atoms with Crippen LogP contribution in [-0.4, -0.2) is 24.2 Å². The third kappa shape index (κ3) is 5.70. The van der Waals surface area contributed by atoms with Gasteiger partial charge in [-0.2, -0.15) is 0 Å². The van der Waals surface area contributed by atoms with Crippen molar-refractivity contribution in [3.8, 4) is 0 Å². The summed E-state index contributed by atoms with van der Waals surface area (Å²) in [4.78, 5) is 12.8. The predicted octanol–water partition coefficient (Wildman–Crippen LogP) is 5.26. The molecule has 0 heterocycles. The largest absolute Gasteiger partial charge is 0.460 e. The molecule has 2 aromatic rings. The molecule has 0 fully saturated rings. The molecule has 0 amide bonds. The minimum Gasteiger partial charge on any atom is -0.460 e. The lowest BCUT2D eigenvalue weighted by molar-refractivity contribution is -0.156. The fraction of sp³-hybridized carbons (Fsp3) is 0.500. The summed E-state index contributed by atoms with van der Waals surface area (Å²) in [5.41, 5.74) is 5.04. The van der Waals surface area contributed by atoms with Crippen molar-refractivity contribution >= 4 is 5.97 Å². The summed E-state index contributed by atoms with van der Waals surface area (Å²) in [5, 5.41) is 3.59. The average Bonchev–Trinajstić information content (AvgIpc) is 2.80. The number of aryl methyl sites for hydroxylation is 2. The molecular formula is C26H35NO2. The van der Waals surface area contributed by atoms with Crippen LogP contribution < -0.4 is 5.32 Å². The molecular weight excluding hydrogens is 358 g/mol. The van der Waals surface area contributed by atoms with Crippen LogP contribution in [0.25, 0.3) is 0 Å². The van der Waals surface area contributed by atoms with E-state index in [1.54, 1.807) is 0 Å². The first kappa shape index (κ1) is 21.6. The zero-order valence-corrected chi connectivity index (χ0v) is 18.5. The Morgan fingerprint density at radius 2 is 1.52 bits per heavy atom. The van der Waals surface area contributed by atoms with Gasteiger partial charge < -0.3 is 10.1 Å².